The molecule has 9 heteroatoms. The average molecular weight is 432 g/mol. The van der Waals surface area contributed by atoms with E-state index in [2.05, 4.69) is 5.32 Å². The van der Waals surface area contributed by atoms with Crippen LogP contribution in [-0.4, -0.2) is 35.0 Å². The van der Waals surface area contributed by atoms with Crippen LogP contribution in [0.25, 0.3) is 0 Å². The van der Waals surface area contributed by atoms with Crippen LogP contribution in [0, 0.1) is 5.82 Å². The fourth-order valence-electron chi connectivity index (χ4n) is 2.87. The summed E-state index contributed by atoms with van der Waals surface area (Å²) in [5.41, 5.74) is 2.31. The zero-order chi connectivity index (χ0) is 22.6. The lowest BCUT2D eigenvalue weighted by molar-refractivity contribution is -0.124. The molecular formula is C22H25FN2O6. The summed E-state index contributed by atoms with van der Waals surface area (Å²) in [4.78, 5) is 23.6. The first-order valence-electron chi connectivity index (χ1n) is 9.67. The molecule has 2 atom stereocenters. The maximum Gasteiger partial charge on any atom is 0.412 e. The van der Waals surface area contributed by atoms with Crippen molar-refractivity contribution in [2.75, 3.05) is 11.9 Å². The van der Waals surface area contributed by atoms with Crippen LogP contribution < -0.4 is 10.8 Å². The predicted octanol–water partition coefficient (Wildman–Crippen LogP) is 4.07. The Labute approximate surface area is 179 Å². The second-order valence-corrected chi connectivity index (χ2v) is 6.48. The van der Waals surface area contributed by atoms with Crippen molar-refractivity contribution in [3.63, 3.8) is 0 Å². The van der Waals surface area contributed by atoms with Gasteiger partial charge in [0, 0.05) is 18.4 Å². The highest BCUT2D eigenvalue weighted by Gasteiger charge is 2.28. The van der Waals surface area contributed by atoms with Crippen LogP contribution in [0.2, 0.25) is 0 Å². The molecular weight excluding hydrogens is 407 g/mol. The van der Waals surface area contributed by atoms with Gasteiger partial charge in [0.1, 0.15) is 0 Å². The molecule has 0 aliphatic heterocycles. The van der Waals surface area contributed by atoms with Crippen molar-refractivity contribution < 1.29 is 33.8 Å². The molecule has 0 aliphatic rings. The van der Waals surface area contributed by atoms with Crippen molar-refractivity contribution in [1.82, 2.24) is 5.48 Å². The number of phenolic OH excluding ortho intramolecular Hbond substituents is 1. The maximum absolute atomic E-state index is 14.0. The number of carbonyl (C=O) groups excluding carboxylic acids is 2. The molecule has 0 saturated carbocycles. The van der Waals surface area contributed by atoms with Crippen LogP contribution in [-0.2, 0) is 14.3 Å². The molecule has 0 bridgehead atoms. The molecule has 0 aromatic heterocycles. The molecule has 2 aromatic carbocycles. The summed E-state index contributed by atoms with van der Waals surface area (Å²) in [6.45, 7) is 2.06. The van der Waals surface area contributed by atoms with E-state index in [4.69, 9.17) is 14.7 Å². The van der Waals surface area contributed by atoms with E-state index in [0.717, 1.165) is 12.1 Å². The van der Waals surface area contributed by atoms with E-state index < -0.39 is 35.8 Å². The maximum atomic E-state index is 14.0. The lowest BCUT2D eigenvalue weighted by atomic mass is 9.99. The van der Waals surface area contributed by atoms with Crippen LogP contribution in [0.15, 0.2) is 60.7 Å². The van der Waals surface area contributed by atoms with E-state index >= 15 is 0 Å². The minimum Gasteiger partial charge on any atom is -0.505 e. The first-order valence-corrected chi connectivity index (χ1v) is 9.67. The van der Waals surface area contributed by atoms with Crippen molar-refractivity contribution >= 4 is 17.7 Å². The number of halogens is 1. The first-order chi connectivity index (χ1) is 14.9. The number of phenols is 1. The SMILES string of the molecule is CCO[C@H](CC/C=C/C(=O)NO)[C@H](OC(=O)Nc1ccccc1)c1ccc(O)c(F)c1. The predicted molar refractivity (Wildman–Crippen MR) is 111 cm³/mol. The van der Waals surface area contributed by atoms with Crippen LogP contribution >= 0.6 is 0 Å². The Kier molecular flexibility index (Phi) is 9.47. The second kappa shape index (κ2) is 12.3. The number of ether oxygens (including phenoxy) is 2. The van der Waals surface area contributed by atoms with Crippen LogP contribution in [0.3, 0.4) is 0 Å². The molecule has 166 valence electrons. The fraction of sp³-hybridized carbons (Fsp3) is 0.273. The van der Waals surface area contributed by atoms with Crippen molar-refractivity contribution in [3.8, 4) is 5.75 Å². The zero-order valence-electron chi connectivity index (χ0n) is 17.0. The van der Waals surface area contributed by atoms with Gasteiger partial charge in [-0.15, -0.1) is 0 Å². The fourth-order valence-corrected chi connectivity index (χ4v) is 2.87. The minimum atomic E-state index is -0.987. The topological polar surface area (TPSA) is 117 Å². The Morgan fingerprint density at radius 3 is 2.58 bits per heavy atom. The molecule has 0 heterocycles. The zero-order valence-corrected chi connectivity index (χ0v) is 17.0. The third kappa shape index (κ3) is 7.72. The molecule has 31 heavy (non-hydrogen) atoms. The molecule has 0 saturated heterocycles. The van der Waals surface area contributed by atoms with Crippen molar-refractivity contribution in [3.05, 3.63) is 72.1 Å². The molecule has 0 unspecified atom stereocenters. The smallest absolute Gasteiger partial charge is 0.412 e. The summed E-state index contributed by atoms with van der Waals surface area (Å²) in [6.07, 6.45) is 0.950. The number of para-hydroxylation sites is 1. The summed E-state index contributed by atoms with van der Waals surface area (Å²) in [7, 11) is 0. The highest BCUT2D eigenvalue weighted by molar-refractivity contribution is 5.86. The van der Waals surface area contributed by atoms with Gasteiger partial charge in [0.2, 0.25) is 0 Å². The lowest BCUT2D eigenvalue weighted by Crippen LogP contribution is -2.29. The molecule has 0 spiro atoms. The number of anilines is 1. The number of aromatic hydroxyl groups is 1. The second-order valence-electron chi connectivity index (χ2n) is 6.48. The van der Waals surface area contributed by atoms with E-state index in [1.54, 1.807) is 37.3 Å². The van der Waals surface area contributed by atoms with Crippen LogP contribution in [0.4, 0.5) is 14.9 Å². The monoisotopic (exact) mass is 432 g/mol. The van der Waals surface area contributed by atoms with E-state index in [9.17, 15) is 19.1 Å². The molecule has 4 N–H and O–H groups in total. The van der Waals surface area contributed by atoms with E-state index in [-0.39, 0.29) is 0 Å². The minimum absolute atomic E-state index is 0.298. The Morgan fingerprint density at radius 1 is 1.19 bits per heavy atom. The summed E-state index contributed by atoms with van der Waals surface area (Å²) >= 11 is 0. The molecule has 2 rings (SSSR count). The van der Waals surface area contributed by atoms with Gasteiger partial charge in [-0.1, -0.05) is 30.3 Å². The standard InChI is InChI=1S/C22H25FN2O6/c1-2-30-19(10-6-7-11-20(27)25-29)21(15-12-13-18(26)17(23)14-15)31-22(28)24-16-8-4-3-5-9-16/h3-5,7-9,11-14,19,21,26,29H,2,6,10H2,1H3,(H,24,28)(H,25,27)/b11-7+/t19-,21-/m1/s1. The van der Waals surface area contributed by atoms with Gasteiger partial charge >= 0.3 is 6.09 Å². The molecule has 8 nitrogen and oxygen atoms in total. The number of hydrogen-bond donors (Lipinski definition) is 4. The van der Waals surface area contributed by atoms with Gasteiger partial charge in [-0.05, 0) is 49.6 Å². The Balaban J connectivity index is 2.22. The summed E-state index contributed by atoms with van der Waals surface area (Å²) < 4.78 is 25.3. The van der Waals surface area contributed by atoms with Gasteiger partial charge in [-0.25, -0.2) is 14.7 Å². The van der Waals surface area contributed by atoms with Crippen LogP contribution in [0.5, 0.6) is 5.75 Å². The normalized spacial score (nSPS) is 12.9. The first kappa shape index (κ1) is 23.8. The summed E-state index contributed by atoms with van der Waals surface area (Å²) in [5.74, 6) is -2.06. The molecule has 0 fully saturated rings. The number of benzene rings is 2. The lowest BCUT2D eigenvalue weighted by Gasteiger charge is -2.27. The highest BCUT2D eigenvalue weighted by atomic mass is 19.1. The van der Waals surface area contributed by atoms with Crippen molar-refractivity contribution in [2.45, 2.75) is 32.0 Å². The van der Waals surface area contributed by atoms with Crippen molar-refractivity contribution in [2.24, 2.45) is 0 Å². The van der Waals surface area contributed by atoms with E-state index in [0.29, 0.717) is 30.7 Å². The molecule has 0 radical (unpaired) electrons. The third-order valence-corrected chi connectivity index (χ3v) is 4.27. The summed E-state index contributed by atoms with van der Waals surface area (Å²) in [5, 5.41) is 20.6. The number of nitrogens with one attached hydrogen (secondary N) is 2. The Morgan fingerprint density at radius 2 is 1.94 bits per heavy atom. The van der Waals surface area contributed by atoms with Gasteiger partial charge in [0.25, 0.3) is 5.91 Å². The molecule has 2 amide bonds. The van der Waals surface area contributed by atoms with Crippen LogP contribution in [0.1, 0.15) is 31.4 Å². The molecule has 2 aromatic rings. The largest absolute Gasteiger partial charge is 0.505 e. The summed E-state index contributed by atoms with van der Waals surface area (Å²) in [6, 6.07) is 12.4. The third-order valence-electron chi connectivity index (χ3n) is 4.27. The number of allylic oxidation sites excluding steroid dienone is 1. The quantitative estimate of drug-likeness (QED) is 0.255. The highest BCUT2D eigenvalue weighted by Crippen LogP contribution is 2.30. The molecule has 0 aliphatic carbocycles. The van der Waals surface area contributed by atoms with E-state index in [1.165, 1.54) is 23.7 Å². The number of rotatable bonds is 10. The number of carbonyl (C=O) groups is 2. The van der Waals surface area contributed by atoms with E-state index in [1.807, 2.05) is 0 Å². The average Bonchev–Trinajstić information content (AvgIpc) is 2.77. The number of amides is 2. The number of hydroxylamine groups is 1. The van der Waals surface area contributed by atoms with Gasteiger partial charge in [-0.3, -0.25) is 15.3 Å². The van der Waals surface area contributed by atoms with Gasteiger partial charge < -0.3 is 14.6 Å². The Bertz CT molecular complexity index is 891. The van der Waals surface area contributed by atoms with Gasteiger partial charge in [0.15, 0.2) is 17.7 Å². The number of hydrogen-bond acceptors (Lipinski definition) is 6. The van der Waals surface area contributed by atoms with Gasteiger partial charge in [0.05, 0.1) is 6.10 Å². The van der Waals surface area contributed by atoms with Crippen molar-refractivity contribution in [1.29, 1.82) is 0 Å². The van der Waals surface area contributed by atoms with Gasteiger partial charge in [-0.2, -0.15) is 0 Å². The Hall–Kier alpha value is -3.43.